The number of hydrogen-bond donors (Lipinski definition) is 2. The molecule has 0 unspecified atom stereocenters. The molecule has 2 aliphatic rings. The summed E-state index contributed by atoms with van der Waals surface area (Å²) >= 11 is 0. The van der Waals surface area contributed by atoms with E-state index in [1.807, 2.05) is 30.3 Å². The van der Waals surface area contributed by atoms with Gasteiger partial charge in [-0.3, -0.25) is 19.6 Å². The van der Waals surface area contributed by atoms with Crippen LogP contribution in [0.5, 0.6) is 0 Å². The number of nitrogens with one attached hydrogen (secondary N) is 1. The summed E-state index contributed by atoms with van der Waals surface area (Å²) in [6, 6.07) is 18.0. The molecule has 3 aromatic rings. The van der Waals surface area contributed by atoms with Gasteiger partial charge in [0.15, 0.2) is 5.78 Å². The van der Waals surface area contributed by atoms with E-state index in [4.69, 9.17) is 5.21 Å². The highest BCUT2D eigenvalue weighted by Crippen LogP contribution is 2.37. The summed E-state index contributed by atoms with van der Waals surface area (Å²) in [6.07, 6.45) is 0.678. The van der Waals surface area contributed by atoms with Crippen molar-refractivity contribution in [3.63, 3.8) is 0 Å². The lowest BCUT2D eigenvalue weighted by Crippen LogP contribution is -2.36. The number of benzene rings is 3. The maximum atomic E-state index is 13.2. The standard InChI is InChI=1S/C24H18N2O4/c27-22-20-4-2-1-3-18(20)19-8-7-16(12-21(19)22)24(29)26-10-9-14-5-6-15(23(28)25-30)11-17(14)13-26/h1-8,11-12,30H,9-10,13H2,(H,25,28). The Balaban J connectivity index is 1.43. The molecule has 0 atom stereocenters. The van der Waals surface area contributed by atoms with Crippen LogP contribution in [0.25, 0.3) is 11.1 Å². The van der Waals surface area contributed by atoms with Crippen molar-refractivity contribution in [1.29, 1.82) is 0 Å². The van der Waals surface area contributed by atoms with Gasteiger partial charge in [0.2, 0.25) is 0 Å². The number of hydrogen-bond acceptors (Lipinski definition) is 4. The fourth-order valence-corrected chi connectivity index (χ4v) is 4.28. The molecular formula is C24H18N2O4. The van der Waals surface area contributed by atoms with Gasteiger partial charge in [0.05, 0.1) is 0 Å². The number of ketones is 1. The zero-order chi connectivity index (χ0) is 20.8. The minimum Gasteiger partial charge on any atom is -0.334 e. The number of carbonyl (C=O) groups is 3. The van der Waals surface area contributed by atoms with Gasteiger partial charge >= 0.3 is 0 Å². The highest BCUT2D eigenvalue weighted by atomic mass is 16.5. The van der Waals surface area contributed by atoms with Crippen molar-refractivity contribution in [3.8, 4) is 11.1 Å². The molecule has 2 amide bonds. The van der Waals surface area contributed by atoms with E-state index in [1.54, 1.807) is 40.7 Å². The van der Waals surface area contributed by atoms with Crippen molar-refractivity contribution in [2.45, 2.75) is 13.0 Å². The molecule has 1 heterocycles. The van der Waals surface area contributed by atoms with Gasteiger partial charge in [-0.2, -0.15) is 0 Å². The topological polar surface area (TPSA) is 86.7 Å². The summed E-state index contributed by atoms with van der Waals surface area (Å²) in [5.74, 6) is -0.791. The van der Waals surface area contributed by atoms with Crippen LogP contribution >= 0.6 is 0 Å². The van der Waals surface area contributed by atoms with Crippen molar-refractivity contribution in [1.82, 2.24) is 10.4 Å². The van der Waals surface area contributed by atoms with Crippen molar-refractivity contribution in [2.75, 3.05) is 6.54 Å². The SMILES string of the molecule is O=C(NO)c1ccc2c(c1)CN(C(=O)c1ccc3c(c1)C(=O)c1ccccc1-3)CC2. The predicted octanol–water partition coefficient (Wildman–Crippen LogP) is 3.22. The summed E-state index contributed by atoms with van der Waals surface area (Å²) in [5, 5.41) is 8.85. The number of nitrogens with zero attached hydrogens (tertiary/aromatic N) is 1. The Bertz CT molecular complexity index is 1230. The molecule has 0 bridgehead atoms. The van der Waals surface area contributed by atoms with E-state index in [0.717, 1.165) is 22.3 Å². The molecule has 2 N–H and O–H groups in total. The quantitative estimate of drug-likeness (QED) is 0.401. The molecule has 0 aromatic heterocycles. The molecule has 1 aliphatic heterocycles. The Labute approximate surface area is 172 Å². The van der Waals surface area contributed by atoms with E-state index in [1.165, 1.54) is 0 Å². The molecule has 1 aliphatic carbocycles. The Hall–Kier alpha value is -3.77. The molecule has 6 nitrogen and oxygen atoms in total. The van der Waals surface area contributed by atoms with Gasteiger partial charge in [0, 0.05) is 35.3 Å². The van der Waals surface area contributed by atoms with E-state index in [0.29, 0.717) is 41.8 Å². The van der Waals surface area contributed by atoms with Crippen LogP contribution in [0.4, 0.5) is 0 Å². The van der Waals surface area contributed by atoms with Crippen LogP contribution < -0.4 is 5.48 Å². The van der Waals surface area contributed by atoms with E-state index >= 15 is 0 Å². The Morgan fingerprint density at radius 2 is 1.57 bits per heavy atom. The second-order valence-electron chi connectivity index (χ2n) is 7.54. The van der Waals surface area contributed by atoms with Gasteiger partial charge in [-0.15, -0.1) is 0 Å². The van der Waals surface area contributed by atoms with Crippen LogP contribution in [0.15, 0.2) is 60.7 Å². The van der Waals surface area contributed by atoms with Gasteiger partial charge in [-0.25, -0.2) is 5.48 Å². The fraction of sp³-hybridized carbons (Fsp3) is 0.125. The third-order valence-electron chi connectivity index (χ3n) is 5.84. The van der Waals surface area contributed by atoms with E-state index in [2.05, 4.69) is 0 Å². The smallest absolute Gasteiger partial charge is 0.274 e. The van der Waals surface area contributed by atoms with Crippen molar-refractivity contribution in [3.05, 3.63) is 94.0 Å². The van der Waals surface area contributed by atoms with Crippen LogP contribution in [0.2, 0.25) is 0 Å². The predicted molar refractivity (Wildman–Crippen MR) is 109 cm³/mol. The molecular weight excluding hydrogens is 380 g/mol. The monoisotopic (exact) mass is 398 g/mol. The van der Waals surface area contributed by atoms with Gasteiger partial charge in [0.1, 0.15) is 0 Å². The van der Waals surface area contributed by atoms with Crippen LogP contribution in [-0.2, 0) is 13.0 Å². The molecule has 30 heavy (non-hydrogen) atoms. The molecule has 6 heteroatoms. The first-order valence-corrected chi connectivity index (χ1v) is 9.70. The average Bonchev–Trinajstić information content (AvgIpc) is 3.09. The molecule has 148 valence electrons. The molecule has 0 fully saturated rings. The molecule has 0 radical (unpaired) electrons. The number of amides is 2. The maximum Gasteiger partial charge on any atom is 0.274 e. The number of fused-ring (bicyclic) bond motifs is 4. The average molecular weight is 398 g/mol. The Morgan fingerprint density at radius 1 is 0.833 bits per heavy atom. The van der Waals surface area contributed by atoms with Crippen molar-refractivity contribution in [2.24, 2.45) is 0 Å². The lowest BCUT2D eigenvalue weighted by Gasteiger charge is -2.29. The van der Waals surface area contributed by atoms with E-state index < -0.39 is 5.91 Å². The minimum absolute atomic E-state index is 0.0566. The maximum absolute atomic E-state index is 13.2. The lowest BCUT2D eigenvalue weighted by atomic mass is 9.96. The zero-order valence-corrected chi connectivity index (χ0v) is 16.0. The number of rotatable bonds is 2. The van der Waals surface area contributed by atoms with Crippen molar-refractivity contribution >= 4 is 17.6 Å². The van der Waals surface area contributed by atoms with E-state index in [-0.39, 0.29) is 11.7 Å². The van der Waals surface area contributed by atoms with Gasteiger partial charge in [-0.05, 0) is 52.9 Å². The highest BCUT2D eigenvalue weighted by Gasteiger charge is 2.29. The minimum atomic E-state index is -0.585. The molecule has 0 saturated heterocycles. The third kappa shape index (κ3) is 2.81. The van der Waals surface area contributed by atoms with Crippen LogP contribution in [0.3, 0.4) is 0 Å². The summed E-state index contributed by atoms with van der Waals surface area (Å²) in [6.45, 7) is 0.925. The highest BCUT2D eigenvalue weighted by molar-refractivity contribution is 6.22. The largest absolute Gasteiger partial charge is 0.334 e. The Kier molecular flexibility index (Phi) is 4.22. The van der Waals surface area contributed by atoms with Crippen LogP contribution in [0, 0.1) is 0 Å². The van der Waals surface area contributed by atoms with Gasteiger partial charge in [-0.1, -0.05) is 36.4 Å². The second-order valence-corrected chi connectivity index (χ2v) is 7.54. The molecule has 0 spiro atoms. The number of hydroxylamine groups is 1. The van der Waals surface area contributed by atoms with Gasteiger partial charge < -0.3 is 4.90 Å². The van der Waals surface area contributed by atoms with Crippen molar-refractivity contribution < 1.29 is 19.6 Å². The van der Waals surface area contributed by atoms with Crippen LogP contribution in [-0.4, -0.2) is 34.2 Å². The zero-order valence-electron chi connectivity index (χ0n) is 16.0. The normalized spacial score (nSPS) is 14.0. The first kappa shape index (κ1) is 18.3. The van der Waals surface area contributed by atoms with Gasteiger partial charge in [0.25, 0.3) is 11.8 Å². The first-order valence-electron chi connectivity index (χ1n) is 9.70. The fourth-order valence-electron chi connectivity index (χ4n) is 4.28. The van der Waals surface area contributed by atoms with E-state index in [9.17, 15) is 14.4 Å². The lowest BCUT2D eigenvalue weighted by molar-refractivity contribution is 0.0706. The summed E-state index contributed by atoms with van der Waals surface area (Å²) in [4.78, 5) is 39.3. The third-order valence-corrected chi connectivity index (χ3v) is 5.84. The number of carbonyl (C=O) groups excluding carboxylic acids is 3. The summed E-state index contributed by atoms with van der Waals surface area (Å²) in [5.41, 5.74) is 7.38. The first-order chi connectivity index (χ1) is 14.6. The summed E-state index contributed by atoms with van der Waals surface area (Å²) in [7, 11) is 0. The second kappa shape index (κ2) is 6.93. The molecule has 3 aromatic carbocycles. The summed E-state index contributed by atoms with van der Waals surface area (Å²) < 4.78 is 0. The molecule has 5 rings (SSSR count). The molecule has 0 saturated carbocycles. The Morgan fingerprint density at radius 3 is 2.37 bits per heavy atom. The van der Waals surface area contributed by atoms with Crippen LogP contribution in [0.1, 0.15) is 47.8 Å².